The lowest BCUT2D eigenvalue weighted by Crippen LogP contribution is -2.28. The molecule has 0 aliphatic rings. The second-order valence-electron chi connectivity index (χ2n) is 4.40. The minimum Gasteiger partial charge on any atom is -0.469 e. The summed E-state index contributed by atoms with van der Waals surface area (Å²) in [6, 6.07) is 13.6. The summed E-state index contributed by atoms with van der Waals surface area (Å²) in [5, 5.41) is 10.8. The Morgan fingerprint density at radius 3 is 2.47 bits per heavy atom. The molecular formula is C15H18O2. The van der Waals surface area contributed by atoms with Gasteiger partial charge in [-0.3, -0.25) is 0 Å². The topological polar surface area (TPSA) is 33.4 Å². The first-order valence-corrected chi connectivity index (χ1v) is 6.05. The highest BCUT2D eigenvalue weighted by molar-refractivity contribution is 5.24. The predicted octanol–water partition coefficient (Wildman–Crippen LogP) is 3.51. The minimum absolute atomic E-state index is 0.526. The molecule has 0 radical (unpaired) electrons. The molecule has 1 aromatic heterocycles. The van der Waals surface area contributed by atoms with E-state index < -0.39 is 5.60 Å². The van der Waals surface area contributed by atoms with E-state index >= 15 is 0 Å². The molecule has 1 unspecified atom stereocenters. The van der Waals surface area contributed by atoms with Crippen molar-refractivity contribution in [3.05, 3.63) is 60.1 Å². The summed E-state index contributed by atoms with van der Waals surface area (Å²) < 4.78 is 5.34. The first kappa shape index (κ1) is 11.9. The van der Waals surface area contributed by atoms with Crippen molar-refractivity contribution in [2.75, 3.05) is 0 Å². The summed E-state index contributed by atoms with van der Waals surface area (Å²) in [5.41, 5.74) is 0.131. The SMILES string of the molecule is CCCC(O)(Cc1ccco1)c1ccccc1. The van der Waals surface area contributed by atoms with Crippen molar-refractivity contribution >= 4 is 0 Å². The van der Waals surface area contributed by atoms with Gasteiger partial charge in [0.2, 0.25) is 0 Å². The molecule has 2 aromatic rings. The maximum Gasteiger partial charge on any atom is 0.106 e. The highest BCUT2D eigenvalue weighted by atomic mass is 16.3. The lowest BCUT2D eigenvalue weighted by Gasteiger charge is -2.27. The minimum atomic E-state index is -0.826. The third kappa shape index (κ3) is 2.77. The van der Waals surface area contributed by atoms with Crippen LogP contribution in [0.3, 0.4) is 0 Å². The Morgan fingerprint density at radius 1 is 1.12 bits per heavy atom. The predicted molar refractivity (Wildman–Crippen MR) is 67.7 cm³/mol. The first-order chi connectivity index (χ1) is 8.24. The largest absolute Gasteiger partial charge is 0.469 e. The molecule has 90 valence electrons. The van der Waals surface area contributed by atoms with Gasteiger partial charge in [-0.25, -0.2) is 0 Å². The molecule has 0 aliphatic heterocycles. The zero-order chi connectivity index (χ0) is 12.1. The van der Waals surface area contributed by atoms with Crippen LogP contribution in [0.2, 0.25) is 0 Å². The van der Waals surface area contributed by atoms with Gasteiger partial charge in [0.25, 0.3) is 0 Å². The summed E-state index contributed by atoms with van der Waals surface area (Å²) in [5.74, 6) is 0.824. The molecule has 2 heteroatoms. The van der Waals surface area contributed by atoms with Gasteiger partial charge in [0.15, 0.2) is 0 Å². The number of furan rings is 1. The Bertz CT molecular complexity index is 433. The summed E-state index contributed by atoms with van der Waals surface area (Å²) in [4.78, 5) is 0. The van der Waals surface area contributed by atoms with E-state index in [0.717, 1.165) is 24.2 Å². The van der Waals surface area contributed by atoms with Crippen LogP contribution in [-0.2, 0) is 12.0 Å². The summed E-state index contributed by atoms with van der Waals surface area (Å²) in [6.07, 6.45) is 3.84. The smallest absolute Gasteiger partial charge is 0.106 e. The molecule has 17 heavy (non-hydrogen) atoms. The van der Waals surface area contributed by atoms with Gasteiger partial charge >= 0.3 is 0 Å². The van der Waals surface area contributed by atoms with E-state index in [-0.39, 0.29) is 0 Å². The van der Waals surface area contributed by atoms with Gasteiger partial charge in [-0.15, -0.1) is 0 Å². The fourth-order valence-electron chi connectivity index (χ4n) is 2.20. The van der Waals surface area contributed by atoms with Crippen molar-refractivity contribution in [2.45, 2.75) is 31.8 Å². The summed E-state index contributed by atoms with van der Waals surface area (Å²) >= 11 is 0. The Balaban J connectivity index is 2.26. The van der Waals surface area contributed by atoms with Crippen molar-refractivity contribution < 1.29 is 9.52 Å². The molecule has 1 atom stereocenters. The fourth-order valence-corrected chi connectivity index (χ4v) is 2.20. The first-order valence-electron chi connectivity index (χ1n) is 6.05. The van der Waals surface area contributed by atoms with Crippen molar-refractivity contribution in [1.29, 1.82) is 0 Å². The quantitative estimate of drug-likeness (QED) is 0.852. The molecule has 0 fully saturated rings. The maximum absolute atomic E-state index is 10.8. The van der Waals surface area contributed by atoms with E-state index in [1.165, 1.54) is 0 Å². The second kappa shape index (κ2) is 5.19. The van der Waals surface area contributed by atoms with Crippen LogP contribution >= 0.6 is 0 Å². The average Bonchev–Trinajstić information content (AvgIpc) is 2.83. The van der Waals surface area contributed by atoms with Crippen LogP contribution in [0, 0.1) is 0 Å². The number of hydrogen-bond donors (Lipinski definition) is 1. The van der Waals surface area contributed by atoms with Crippen molar-refractivity contribution in [1.82, 2.24) is 0 Å². The normalized spacial score (nSPS) is 14.5. The Morgan fingerprint density at radius 2 is 1.88 bits per heavy atom. The number of aliphatic hydroxyl groups is 1. The van der Waals surface area contributed by atoms with Gasteiger partial charge in [0.05, 0.1) is 11.9 Å². The van der Waals surface area contributed by atoms with Gasteiger partial charge in [-0.2, -0.15) is 0 Å². The van der Waals surface area contributed by atoms with Gasteiger partial charge in [0.1, 0.15) is 5.76 Å². The van der Waals surface area contributed by atoms with Gasteiger partial charge in [-0.05, 0) is 24.1 Å². The second-order valence-corrected chi connectivity index (χ2v) is 4.40. The molecule has 1 aromatic carbocycles. The van der Waals surface area contributed by atoms with E-state index in [9.17, 15) is 5.11 Å². The Labute approximate surface area is 102 Å². The molecule has 0 amide bonds. The van der Waals surface area contributed by atoms with Crippen molar-refractivity contribution in [3.8, 4) is 0 Å². The molecule has 1 heterocycles. The third-order valence-corrected chi connectivity index (χ3v) is 3.02. The third-order valence-electron chi connectivity index (χ3n) is 3.02. The van der Waals surface area contributed by atoms with Crippen LogP contribution in [0.5, 0.6) is 0 Å². The number of benzene rings is 1. The average molecular weight is 230 g/mol. The summed E-state index contributed by atoms with van der Waals surface area (Å²) in [7, 11) is 0. The van der Waals surface area contributed by atoms with E-state index in [1.54, 1.807) is 6.26 Å². The van der Waals surface area contributed by atoms with E-state index in [0.29, 0.717) is 6.42 Å². The van der Waals surface area contributed by atoms with Crippen LogP contribution in [0.4, 0.5) is 0 Å². The Hall–Kier alpha value is -1.54. The number of rotatable bonds is 5. The van der Waals surface area contributed by atoms with E-state index in [1.807, 2.05) is 42.5 Å². The van der Waals surface area contributed by atoms with Crippen LogP contribution in [0.25, 0.3) is 0 Å². The highest BCUT2D eigenvalue weighted by Crippen LogP contribution is 2.30. The lowest BCUT2D eigenvalue weighted by atomic mass is 9.85. The van der Waals surface area contributed by atoms with Crippen molar-refractivity contribution in [2.24, 2.45) is 0 Å². The van der Waals surface area contributed by atoms with Crippen molar-refractivity contribution in [3.63, 3.8) is 0 Å². The fraction of sp³-hybridized carbons (Fsp3) is 0.333. The van der Waals surface area contributed by atoms with Gasteiger partial charge in [-0.1, -0.05) is 43.7 Å². The molecule has 0 spiro atoms. The molecule has 0 saturated carbocycles. The molecular weight excluding hydrogens is 212 g/mol. The monoisotopic (exact) mass is 230 g/mol. The van der Waals surface area contributed by atoms with Crippen LogP contribution in [0.1, 0.15) is 31.1 Å². The van der Waals surface area contributed by atoms with Crippen LogP contribution < -0.4 is 0 Å². The van der Waals surface area contributed by atoms with E-state index in [2.05, 4.69) is 6.92 Å². The lowest BCUT2D eigenvalue weighted by molar-refractivity contribution is 0.0220. The molecule has 2 rings (SSSR count). The molecule has 0 bridgehead atoms. The zero-order valence-electron chi connectivity index (χ0n) is 10.1. The van der Waals surface area contributed by atoms with Gasteiger partial charge < -0.3 is 9.52 Å². The standard InChI is InChI=1S/C15H18O2/c1-2-10-15(16,12-14-9-6-11-17-14)13-7-4-3-5-8-13/h3-9,11,16H,2,10,12H2,1H3. The summed E-state index contributed by atoms with van der Waals surface area (Å²) in [6.45, 7) is 2.08. The maximum atomic E-state index is 10.8. The van der Waals surface area contributed by atoms with Crippen LogP contribution in [-0.4, -0.2) is 5.11 Å². The molecule has 2 nitrogen and oxygen atoms in total. The highest BCUT2D eigenvalue weighted by Gasteiger charge is 2.29. The number of hydrogen-bond acceptors (Lipinski definition) is 2. The Kier molecular flexibility index (Phi) is 3.64. The van der Waals surface area contributed by atoms with Crippen LogP contribution in [0.15, 0.2) is 53.1 Å². The molecule has 0 aliphatic carbocycles. The molecule has 0 saturated heterocycles. The van der Waals surface area contributed by atoms with Gasteiger partial charge in [0, 0.05) is 6.42 Å². The molecule has 1 N–H and O–H groups in total. The van der Waals surface area contributed by atoms with E-state index in [4.69, 9.17) is 4.42 Å². The zero-order valence-corrected chi connectivity index (χ0v) is 10.1.